The molecule has 3 heterocycles. The first kappa shape index (κ1) is 18.7. The second-order valence-electron chi connectivity index (χ2n) is 7.12. The summed E-state index contributed by atoms with van der Waals surface area (Å²) in [6.45, 7) is 1.88. The Balaban J connectivity index is 1.45. The summed E-state index contributed by atoms with van der Waals surface area (Å²) >= 11 is 0. The van der Waals surface area contributed by atoms with Crippen LogP contribution in [0.1, 0.15) is 12.8 Å². The van der Waals surface area contributed by atoms with Crippen molar-refractivity contribution in [3.8, 4) is 5.75 Å². The Bertz CT molecular complexity index is 777. The number of hydrogen-bond acceptors (Lipinski definition) is 6. The molecule has 4 rings (SSSR count). The molecule has 3 atom stereocenters. The Morgan fingerprint density at radius 1 is 1.11 bits per heavy atom. The highest BCUT2D eigenvalue weighted by Crippen LogP contribution is 2.27. The van der Waals surface area contributed by atoms with Crippen molar-refractivity contribution in [2.24, 2.45) is 0 Å². The summed E-state index contributed by atoms with van der Waals surface area (Å²) in [7, 11) is -2.07. The number of sulfonamides is 1. The fourth-order valence-electron chi connectivity index (χ4n) is 3.90. The minimum Gasteiger partial charge on any atom is -0.497 e. The van der Waals surface area contributed by atoms with Crippen molar-refractivity contribution in [3.63, 3.8) is 0 Å². The Labute approximate surface area is 159 Å². The monoisotopic (exact) mass is 396 g/mol. The smallest absolute Gasteiger partial charge is 0.251 e. The number of benzene rings is 1. The molecule has 0 unspecified atom stereocenters. The second kappa shape index (κ2) is 7.38. The molecule has 0 aliphatic carbocycles. The molecule has 3 aliphatic heterocycles. The van der Waals surface area contributed by atoms with E-state index in [0.717, 1.165) is 12.8 Å². The molecule has 0 spiro atoms. The van der Waals surface area contributed by atoms with E-state index < -0.39 is 10.0 Å². The van der Waals surface area contributed by atoms with Crippen LogP contribution in [0.3, 0.4) is 0 Å². The van der Waals surface area contributed by atoms with Gasteiger partial charge >= 0.3 is 0 Å². The standard InChI is InChI=1S/C18H24N2O6S/c1-24-13-4-6-16(7-5-13)27(22,23)20-11-14-9-19(10-15(12-20)26-14)18(21)17-3-2-8-25-17/h4-7,14-15,17H,2-3,8-12H2,1H3/t14-,15+,17-/m0/s1. The molecule has 0 saturated carbocycles. The summed E-state index contributed by atoms with van der Waals surface area (Å²) in [5.74, 6) is 0.605. The van der Waals surface area contributed by atoms with E-state index in [-0.39, 0.29) is 42.2 Å². The Morgan fingerprint density at radius 3 is 2.33 bits per heavy atom. The number of hydrogen-bond donors (Lipinski definition) is 0. The third-order valence-corrected chi connectivity index (χ3v) is 7.11. The maximum atomic E-state index is 13.0. The number of rotatable bonds is 4. The lowest BCUT2D eigenvalue weighted by Gasteiger charge is -2.45. The van der Waals surface area contributed by atoms with E-state index in [1.807, 2.05) is 0 Å². The van der Waals surface area contributed by atoms with E-state index in [4.69, 9.17) is 14.2 Å². The van der Waals surface area contributed by atoms with Crippen LogP contribution in [-0.2, 0) is 24.3 Å². The van der Waals surface area contributed by atoms with Gasteiger partial charge < -0.3 is 19.1 Å². The number of amides is 1. The minimum atomic E-state index is -3.61. The quantitative estimate of drug-likeness (QED) is 0.736. The third-order valence-electron chi connectivity index (χ3n) is 5.26. The second-order valence-corrected chi connectivity index (χ2v) is 9.06. The van der Waals surface area contributed by atoms with Gasteiger partial charge in [0.2, 0.25) is 10.0 Å². The zero-order valence-corrected chi connectivity index (χ0v) is 16.1. The Kier molecular flexibility index (Phi) is 5.11. The van der Waals surface area contributed by atoms with Crippen LogP contribution in [0.15, 0.2) is 29.2 Å². The topological polar surface area (TPSA) is 85.4 Å². The molecule has 1 aromatic rings. The van der Waals surface area contributed by atoms with Crippen molar-refractivity contribution in [3.05, 3.63) is 24.3 Å². The van der Waals surface area contributed by atoms with Crippen LogP contribution in [-0.4, -0.2) is 81.7 Å². The Morgan fingerprint density at radius 2 is 1.78 bits per heavy atom. The van der Waals surface area contributed by atoms with E-state index in [1.165, 1.54) is 11.4 Å². The summed E-state index contributed by atoms with van der Waals surface area (Å²) < 4.78 is 43.9. The van der Waals surface area contributed by atoms with E-state index in [0.29, 0.717) is 25.4 Å². The van der Waals surface area contributed by atoms with Gasteiger partial charge in [-0.15, -0.1) is 0 Å². The molecule has 1 aromatic carbocycles. The largest absolute Gasteiger partial charge is 0.497 e. The fourth-order valence-corrected chi connectivity index (χ4v) is 5.41. The molecule has 3 fully saturated rings. The minimum absolute atomic E-state index is 0.00254. The molecular weight excluding hydrogens is 372 g/mol. The van der Waals surface area contributed by atoms with Crippen LogP contribution in [0.25, 0.3) is 0 Å². The summed E-state index contributed by atoms with van der Waals surface area (Å²) in [5.41, 5.74) is 0. The maximum absolute atomic E-state index is 13.0. The van der Waals surface area contributed by atoms with Gasteiger partial charge in [0.1, 0.15) is 11.9 Å². The van der Waals surface area contributed by atoms with E-state index >= 15 is 0 Å². The molecule has 1 amide bonds. The molecule has 27 heavy (non-hydrogen) atoms. The highest BCUT2D eigenvalue weighted by Gasteiger charge is 2.42. The van der Waals surface area contributed by atoms with Crippen LogP contribution in [0.2, 0.25) is 0 Å². The molecule has 9 heteroatoms. The van der Waals surface area contributed by atoms with Gasteiger partial charge in [-0.25, -0.2) is 8.42 Å². The average Bonchev–Trinajstić information content (AvgIpc) is 3.21. The third kappa shape index (κ3) is 3.69. The number of carbonyl (C=O) groups is 1. The van der Waals surface area contributed by atoms with E-state index in [1.54, 1.807) is 29.2 Å². The predicted octanol–water partition coefficient (Wildman–Crippen LogP) is 0.475. The van der Waals surface area contributed by atoms with Crippen molar-refractivity contribution >= 4 is 15.9 Å². The van der Waals surface area contributed by atoms with Gasteiger partial charge in [-0.3, -0.25) is 4.79 Å². The van der Waals surface area contributed by atoms with E-state index in [9.17, 15) is 13.2 Å². The Hall–Kier alpha value is -1.68. The number of carbonyl (C=O) groups excluding carboxylic acids is 1. The van der Waals surface area contributed by atoms with Crippen molar-refractivity contribution in [1.82, 2.24) is 9.21 Å². The van der Waals surface area contributed by atoms with Gasteiger partial charge in [0.25, 0.3) is 5.91 Å². The summed E-state index contributed by atoms with van der Waals surface area (Å²) in [6.07, 6.45) is 0.653. The number of morpholine rings is 2. The van der Waals surface area contributed by atoms with Gasteiger partial charge in [-0.1, -0.05) is 0 Å². The van der Waals surface area contributed by atoms with E-state index in [2.05, 4.69) is 0 Å². The van der Waals surface area contributed by atoms with Crippen LogP contribution in [0, 0.1) is 0 Å². The van der Waals surface area contributed by atoms with Crippen molar-refractivity contribution in [2.75, 3.05) is 39.9 Å². The van der Waals surface area contributed by atoms with Crippen LogP contribution in [0.5, 0.6) is 5.75 Å². The van der Waals surface area contributed by atoms with Crippen molar-refractivity contribution in [1.29, 1.82) is 0 Å². The lowest BCUT2D eigenvalue weighted by molar-refractivity contribution is -0.162. The molecule has 148 valence electrons. The first-order chi connectivity index (χ1) is 13.0. The number of fused-ring (bicyclic) bond motifs is 2. The fraction of sp³-hybridized carbons (Fsp3) is 0.611. The lowest BCUT2D eigenvalue weighted by atomic mass is 10.1. The van der Waals surface area contributed by atoms with Crippen molar-refractivity contribution < 1.29 is 27.4 Å². The highest BCUT2D eigenvalue weighted by molar-refractivity contribution is 7.89. The molecule has 0 N–H and O–H groups in total. The predicted molar refractivity (Wildman–Crippen MR) is 96.0 cm³/mol. The lowest BCUT2D eigenvalue weighted by Crippen LogP contribution is -2.62. The first-order valence-electron chi connectivity index (χ1n) is 9.17. The molecule has 3 aliphatic rings. The summed E-state index contributed by atoms with van der Waals surface area (Å²) in [6, 6.07) is 6.37. The molecule has 2 bridgehead atoms. The van der Waals surface area contributed by atoms with Gasteiger partial charge in [-0.2, -0.15) is 4.31 Å². The SMILES string of the molecule is COc1ccc(S(=O)(=O)N2C[C@H]3CN(C(=O)[C@@H]4CCCO4)C[C@@H](C2)O3)cc1. The maximum Gasteiger partial charge on any atom is 0.251 e. The molecule has 3 saturated heterocycles. The number of ether oxygens (including phenoxy) is 3. The first-order valence-corrected chi connectivity index (χ1v) is 10.6. The molecular formula is C18H24N2O6S. The van der Waals surface area contributed by atoms with Gasteiger partial charge in [0, 0.05) is 32.8 Å². The normalized spacial score (nSPS) is 28.9. The summed E-state index contributed by atoms with van der Waals surface area (Å²) in [4.78, 5) is 14.6. The summed E-state index contributed by atoms with van der Waals surface area (Å²) in [5, 5.41) is 0. The van der Waals surface area contributed by atoms with Crippen LogP contribution in [0.4, 0.5) is 0 Å². The van der Waals surface area contributed by atoms with Gasteiger partial charge in [-0.05, 0) is 37.1 Å². The molecule has 0 aromatic heterocycles. The van der Waals surface area contributed by atoms with Crippen molar-refractivity contribution in [2.45, 2.75) is 36.0 Å². The number of methoxy groups -OCH3 is 1. The van der Waals surface area contributed by atoms with Crippen LogP contribution < -0.4 is 4.74 Å². The zero-order valence-electron chi connectivity index (χ0n) is 15.2. The zero-order chi connectivity index (χ0) is 19.0. The average molecular weight is 396 g/mol. The number of nitrogens with zero attached hydrogens (tertiary/aromatic N) is 2. The molecule has 0 radical (unpaired) electrons. The van der Waals surface area contributed by atoms with Crippen LogP contribution >= 0.6 is 0 Å². The molecule has 8 nitrogen and oxygen atoms in total. The van der Waals surface area contributed by atoms with Gasteiger partial charge in [0.05, 0.1) is 24.2 Å². The van der Waals surface area contributed by atoms with Gasteiger partial charge in [0.15, 0.2) is 0 Å². The highest BCUT2D eigenvalue weighted by atomic mass is 32.2.